The number of nitrogens with zero attached hydrogens (tertiary/aromatic N) is 1. The molecule has 100 valence electrons. The molecule has 0 amide bonds. The maximum absolute atomic E-state index is 11.7. The van der Waals surface area contributed by atoms with Gasteiger partial charge >= 0.3 is 5.97 Å². The van der Waals surface area contributed by atoms with E-state index in [1.165, 1.54) is 7.11 Å². The molecule has 0 aromatic carbocycles. The van der Waals surface area contributed by atoms with E-state index in [4.69, 9.17) is 4.74 Å². The van der Waals surface area contributed by atoms with E-state index in [1.807, 2.05) is 20.8 Å². The number of likely N-dealkylation sites (tertiary alicyclic amines) is 1. The summed E-state index contributed by atoms with van der Waals surface area (Å²) in [5.41, 5.74) is -0.760. The van der Waals surface area contributed by atoms with Crippen molar-refractivity contribution in [3.8, 4) is 0 Å². The largest absolute Gasteiger partial charge is 0.468 e. The van der Waals surface area contributed by atoms with Crippen LogP contribution >= 0.6 is 0 Å². The predicted molar refractivity (Wildman–Crippen MR) is 66.7 cm³/mol. The van der Waals surface area contributed by atoms with Gasteiger partial charge in [0.1, 0.15) is 6.04 Å². The smallest absolute Gasteiger partial charge is 0.323 e. The Morgan fingerprint density at radius 2 is 2.18 bits per heavy atom. The van der Waals surface area contributed by atoms with Crippen LogP contribution in [0.15, 0.2) is 0 Å². The number of aliphatic hydroxyl groups is 1. The minimum atomic E-state index is -0.760. The summed E-state index contributed by atoms with van der Waals surface area (Å²) in [7, 11) is 1.43. The third kappa shape index (κ3) is 3.68. The van der Waals surface area contributed by atoms with Gasteiger partial charge in [-0.3, -0.25) is 9.69 Å². The zero-order valence-corrected chi connectivity index (χ0v) is 11.4. The Labute approximate surface area is 104 Å². The van der Waals surface area contributed by atoms with Gasteiger partial charge < -0.3 is 9.84 Å². The van der Waals surface area contributed by atoms with E-state index < -0.39 is 5.60 Å². The highest BCUT2D eigenvalue weighted by molar-refractivity contribution is 5.75. The first-order valence-corrected chi connectivity index (χ1v) is 6.42. The van der Waals surface area contributed by atoms with Crippen molar-refractivity contribution in [2.75, 3.05) is 20.2 Å². The molecule has 4 heteroatoms. The van der Waals surface area contributed by atoms with E-state index in [1.54, 1.807) is 0 Å². The number of hydrogen-bond acceptors (Lipinski definition) is 4. The Hall–Kier alpha value is -0.610. The van der Waals surface area contributed by atoms with Crippen molar-refractivity contribution in [2.24, 2.45) is 5.92 Å². The van der Waals surface area contributed by atoms with Gasteiger partial charge in [0.25, 0.3) is 0 Å². The van der Waals surface area contributed by atoms with Gasteiger partial charge in [0.05, 0.1) is 12.7 Å². The Kier molecular flexibility index (Phi) is 4.95. The van der Waals surface area contributed by atoms with Crippen LogP contribution in [0.25, 0.3) is 0 Å². The molecule has 4 nitrogen and oxygen atoms in total. The van der Waals surface area contributed by atoms with E-state index in [-0.39, 0.29) is 17.9 Å². The molecule has 17 heavy (non-hydrogen) atoms. The van der Waals surface area contributed by atoms with E-state index in [9.17, 15) is 9.90 Å². The Morgan fingerprint density at radius 1 is 1.53 bits per heavy atom. The number of carbonyl (C=O) groups excluding carboxylic acids is 1. The van der Waals surface area contributed by atoms with E-state index >= 15 is 0 Å². The maximum Gasteiger partial charge on any atom is 0.323 e. The van der Waals surface area contributed by atoms with Gasteiger partial charge in [-0.05, 0) is 32.2 Å². The zero-order chi connectivity index (χ0) is 13.1. The molecule has 0 bridgehead atoms. The number of rotatable bonds is 4. The highest BCUT2D eigenvalue weighted by atomic mass is 16.5. The zero-order valence-electron chi connectivity index (χ0n) is 11.4. The molecule has 1 fully saturated rings. The molecular weight excluding hydrogens is 218 g/mol. The fourth-order valence-electron chi connectivity index (χ4n) is 2.18. The summed E-state index contributed by atoms with van der Waals surface area (Å²) >= 11 is 0. The molecule has 1 rings (SSSR count). The molecule has 0 radical (unpaired) electrons. The van der Waals surface area contributed by atoms with Gasteiger partial charge in [-0.15, -0.1) is 0 Å². The van der Waals surface area contributed by atoms with Crippen molar-refractivity contribution in [1.82, 2.24) is 4.90 Å². The van der Waals surface area contributed by atoms with Crippen molar-refractivity contribution in [2.45, 2.75) is 51.7 Å². The average Bonchev–Trinajstić information content (AvgIpc) is 2.28. The first kappa shape index (κ1) is 14.5. The van der Waals surface area contributed by atoms with Crippen LogP contribution < -0.4 is 0 Å². The lowest BCUT2D eigenvalue weighted by atomic mass is 9.90. The number of carbonyl (C=O) groups is 1. The summed E-state index contributed by atoms with van der Waals surface area (Å²) in [5, 5.41) is 10.3. The number of methoxy groups -OCH3 is 1. The van der Waals surface area contributed by atoms with Crippen LogP contribution in [-0.4, -0.2) is 47.8 Å². The molecule has 1 unspecified atom stereocenters. The molecule has 2 atom stereocenters. The van der Waals surface area contributed by atoms with Crippen molar-refractivity contribution >= 4 is 5.97 Å². The van der Waals surface area contributed by atoms with Crippen LogP contribution in [0.2, 0.25) is 0 Å². The van der Waals surface area contributed by atoms with E-state index in [0.29, 0.717) is 6.54 Å². The van der Waals surface area contributed by atoms with Gasteiger partial charge in [-0.1, -0.05) is 20.3 Å². The molecule has 1 N–H and O–H groups in total. The van der Waals surface area contributed by atoms with Crippen LogP contribution in [0, 0.1) is 5.92 Å². The normalized spacial score (nSPS) is 25.6. The molecule has 1 aliphatic heterocycles. The second kappa shape index (κ2) is 5.83. The molecule has 0 aromatic rings. The highest BCUT2D eigenvalue weighted by Gasteiger charge is 2.35. The monoisotopic (exact) mass is 243 g/mol. The summed E-state index contributed by atoms with van der Waals surface area (Å²) < 4.78 is 4.83. The van der Waals surface area contributed by atoms with Gasteiger partial charge in [0.2, 0.25) is 0 Å². The van der Waals surface area contributed by atoms with Crippen molar-refractivity contribution in [3.63, 3.8) is 0 Å². The van der Waals surface area contributed by atoms with E-state index in [2.05, 4.69) is 4.90 Å². The third-order valence-electron chi connectivity index (χ3n) is 3.85. The van der Waals surface area contributed by atoms with Gasteiger partial charge in [-0.2, -0.15) is 0 Å². The molecule has 1 heterocycles. The van der Waals surface area contributed by atoms with Gasteiger partial charge in [0.15, 0.2) is 0 Å². The summed E-state index contributed by atoms with van der Waals surface area (Å²) in [6, 6.07) is -0.182. The summed E-state index contributed by atoms with van der Waals surface area (Å²) in [6.07, 6.45) is 2.97. The Bertz CT molecular complexity index is 263. The number of esters is 1. The van der Waals surface area contributed by atoms with Crippen molar-refractivity contribution in [1.29, 1.82) is 0 Å². The van der Waals surface area contributed by atoms with E-state index in [0.717, 1.165) is 25.8 Å². The van der Waals surface area contributed by atoms with Crippen LogP contribution in [0.3, 0.4) is 0 Å². The predicted octanol–water partition coefficient (Wildman–Crippen LogP) is 1.42. The minimum absolute atomic E-state index is 0.169. The molecule has 0 aromatic heterocycles. The SMILES string of the molecule is COC(=O)[C@H]1CCCCN1CC(C)(O)C(C)C. The number of piperidine rings is 1. The maximum atomic E-state index is 11.7. The molecule has 0 spiro atoms. The standard InChI is InChI=1S/C13H25NO3/c1-10(2)13(3,16)9-14-8-6-5-7-11(14)12(15)17-4/h10-11,16H,5-9H2,1-4H3/t11-,13?/m1/s1. The number of β-amino-alcohol motifs (C(OH)–C–C–N with tert-alkyl or cyclic N) is 1. The summed E-state index contributed by atoms with van der Waals surface area (Å²) in [5.74, 6) is -0.00743. The fourth-order valence-corrected chi connectivity index (χ4v) is 2.18. The van der Waals surface area contributed by atoms with Gasteiger partial charge in [-0.25, -0.2) is 0 Å². The minimum Gasteiger partial charge on any atom is -0.468 e. The first-order chi connectivity index (χ1) is 7.88. The van der Waals surface area contributed by atoms with Crippen LogP contribution in [0.1, 0.15) is 40.0 Å². The second-order valence-corrected chi connectivity index (χ2v) is 5.52. The summed E-state index contributed by atoms with van der Waals surface area (Å²) in [4.78, 5) is 13.8. The van der Waals surface area contributed by atoms with Crippen molar-refractivity contribution < 1.29 is 14.6 Å². The van der Waals surface area contributed by atoms with Crippen LogP contribution in [0.5, 0.6) is 0 Å². The molecular formula is C13H25NO3. The third-order valence-corrected chi connectivity index (χ3v) is 3.85. The molecule has 0 aliphatic carbocycles. The second-order valence-electron chi connectivity index (χ2n) is 5.52. The average molecular weight is 243 g/mol. The van der Waals surface area contributed by atoms with Crippen LogP contribution in [0.4, 0.5) is 0 Å². The highest BCUT2D eigenvalue weighted by Crippen LogP contribution is 2.24. The van der Waals surface area contributed by atoms with Crippen molar-refractivity contribution in [3.05, 3.63) is 0 Å². The lowest BCUT2D eigenvalue weighted by Gasteiger charge is -2.40. The Balaban J connectivity index is 2.69. The molecule has 1 aliphatic rings. The topological polar surface area (TPSA) is 49.8 Å². The number of hydrogen-bond donors (Lipinski definition) is 1. The molecule has 1 saturated heterocycles. The quantitative estimate of drug-likeness (QED) is 0.759. The molecule has 0 saturated carbocycles. The first-order valence-electron chi connectivity index (χ1n) is 6.42. The number of ether oxygens (including phenoxy) is 1. The van der Waals surface area contributed by atoms with Crippen LogP contribution in [-0.2, 0) is 9.53 Å². The fraction of sp³-hybridized carbons (Fsp3) is 0.923. The lowest BCUT2D eigenvalue weighted by molar-refractivity contribution is -0.150. The van der Waals surface area contributed by atoms with Gasteiger partial charge in [0, 0.05) is 6.54 Å². The lowest BCUT2D eigenvalue weighted by Crippen LogP contribution is -2.53. The Morgan fingerprint density at radius 3 is 2.71 bits per heavy atom. The summed E-state index contributed by atoms with van der Waals surface area (Å²) in [6.45, 7) is 7.22.